The molecule has 1 N–H and O–H groups in total. The maximum Gasteiger partial charge on any atom is 0.317 e. The van der Waals surface area contributed by atoms with Crippen molar-refractivity contribution in [2.24, 2.45) is 11.8 Å². The van der Waals surface area contributed by atoms with E-state index < -0.39 is 41.1 Å². The molecule has 6 heteroatoms. The minimum atomic E-state index is -1.67. The highest BCUT2D eigenvalue weighted by Gasteiger charge is 2.57. The van der Waals surface area contributed by atoms with E-state index in [9.17, 15) is 19.5 Å². The van der Waals surface area contributed by atoms with Gasteiger partial charge in [0.15, 0.2) is 5.78 Å². The fourth-order valence-corrected chi connectivity index (χ4v) is 3.85. The molecule has 29 heavy (non-hydrogen) atoms. The van der Waals surface area contributed by atoms with Crippen LogP contribution in [0.15, 0.2) is 49.6 Å². The Morgan fingerprint density at radius 1 is 1.14 bits per heavy atom. The van der Waals surface area contributed by atoms with Gasteiger partial charge in [-0.25, -0.2) is 0 Å². The van der Waals surface area contributed by atoms with Gasteiger partial charge in [-0.2, -0.15) is 0 Å². The number of Topliss-reactive ketones (excluding diaryl/α,β-unsaturated/α-hetero) is 1. The van der Waals surface area contributed by atoms with E-state index in [1.807, 2.05) is 19.1 Å². The van der Waals surface area contributed by atoms with E-state index in [4.69, 9.17) is 9.47 Å². The van der Waals surface area contributed by atoms with E-state index >= 15 is 0 Å². The molecule has 0 radical (unpaired) electrons. The fourth-order valence-electron chi connectivity index (χ4n) is 3.85. The van der Waals surface area contributed by atoms with E-state index in [1.54, 1.807) is 12.1 Å². The number of aliphatic hydroxyl groups is 1. The van der Waals surface area contributed by atoms with Gasteiger partial charge in [-0.05, 0) is 24.5 Å². The summed E-state index contributed by atoms with van der Waals surface area (Å²) in [4.78, 5) is 38.4. The van der Waals surface area contributed by atoms with Crippen LogP contribution in [0.2, 0.25) is 0 Å². The van der Waals surface area contributed by atoms with E-state index in [-0.39, 0.29) is 19.6 Å². The minimum Gasteiger partial charge on any atom is -0.461 e. The summed E-state index contributed by atoms with van der Waals surface area (Å²) in [6, 6.07) is 7.31. The normalized spacial score (nSPS) is 26.4. The lowest BCUT2D eigenvalue weighted by atomic mass is 9.61. The molecule has 1 aromatic rings. The lowest BCUT2D eigenvalue weighted by molar-refractivity contribution is -0.171. The van der Waals surface area contributed by atoms with Crippen molar-refractivity contribution in [1.29, 1.82) is 0 Å². The summed E-state index contributed by atoms with van der Waals surface area (Å²) in [7, 11) is 0. The van der Waals surface area contributed by atoms with Crippen LogP contribution in [-0.2, 0) is 30.3 Å². The zero-order valence-corrected chi connectivity index (χ0v) is 16.9. The highest BCUT2D eigenvalue weighted by atomic mass is 16.5. The smallest absolute Gasteiger partial charge is 0.317 e. The first-order chi connectivity index (χ1) is 13.8. The Morgan fingerprint density at radius 3 is 2.21 bits per heavy atom. The molecule has 0 saturated heterocycles. The van der Waals surface area contributed by atoms with Crippen LogP contribution in [-0.4, -0.2) is 41.6 Å². The number of rotatable bonds is 8. The zero-order valence-electron chi connectivity index (χ0n) is 16.9. The van der Waals surface area contributed by atoms with Crippen LogP contribution < -0.4 is 0 Å². The van der Waals surface area contributed by atoms with Gasteiger partial charge in [0.2, 0.25) is 0 Å². The molecule has 6 nitrogen and oxygen atoms in total. The molecule has 0 aromatic heterocycles. The zero-order chi connectivity index (χ0) is 21.6. The molecular weight excluding hydrogens is 372 g/mol. The van der Waals surface area contributed by atoms with E-state index in [0.29, 0.717) is 5.56 Å². The van der Waals surface area contributed by atoms with Crippen molar-refractivity contribution in [2.75, 3.05) is 13.2 Å². The number of ether oxygens (including phenoxy) is 2. The van der Waals surface area contributed by atoms with E-state index in [1.165, 1.54) is 19.1 Å². The first kappa shape index (κ1) is 22.6. The molecule has 0 unspecified atom stereocenters. The van der Waals surface area contributed by atoms with Gasteiger partial charge < -0.3 is 14.6 Å². The molecule has 0 spiro atoms. The number of benzene rings is 1. The molecule has 0 heterocycles. The van der Waals surface area contributed by atoms with Crippen molar-refractivity contribution in [1.82, 2.24) is 0 Å². The van der Waals surface area contributed by atoms with Crippen LogP contribution in [0.5, 0.6) is 0 Å². The third-order valence-electron chi connectivity index (χ3n) is 5.23. The van der Waals surface area contributed by atoms with Crippen molar-refractivity contribution in [3.8, 4) is 0 Å². The molecule has 1 aliphatic rings. The molecule has 1 aromatic carbocycles. The van der Waals surface area contributed by atoms with Crippen LogP contribution in [0.25, 0.3) is 0 Å². The van der Waals surface area contributed by atoms with Crippen molar-refractivity contribution in [3.63, 3.8) is 0 Å². The number of hydrogen-bond acceptors (Lipinski definition) is 6. The highest BCUT2D eigenvalue weighted by molar-refractivity contribution is 6.02. The second kappa shape index (κ2) is 9.65. The Balaban J connectivity index is 2.56. The second-order valence-electron chi connectivity index (χ2n) is 7.41. The summed E-state index contributed by atoms with van der Waals surface area (Å²) in [6.45, 7) is 10.4. The maximum absolute atomic E-state index is 12.9. The van der Waals surface area contributed by atoms with Crippen molar-refractivity contribution >= 4 is 17.7 Å². The third kappa shape index (κ3) is 5.01. The predicted octanol–water partition coefficient (Wildman–Crippen LogP) is 2.75. The standard InChI is InChI=1S/C23H28O6/c1-5-12-28-21(25)19-17(24)14-23(4,27)20(22(26)29-13-6-2)18(19)16-10-8-15(7-3)9-11-16/h5-6,8-11,18-20,27H,1-2,7,12-14H2,3-4H3/t18-,19-,20+,23+/m1/s1. The van der Waals surface area contributed by atoms with Gasteiger partial charge in [-0.15, -0.1) is 0 Å². The van der Waals surface area contributed by atoms with Gasteiger partial charge in [-0.1, -0.05) is 56.5 Å². The average Bonchev–Trinajstić information content (AvgIpc) is 2.69. The van der Waals surface area contributed by atoms with Crippen molar-refractivity contribution in [3.05, 3.63) is 60.7 Å². The summed E-state index contributed by atoms with van der Waals surface area (Å²) < 4.78 is 10.4. The molecule has 1 fully saturated rings. The lowest BCUT2D eigenvalue weighted by Gasteiger charge is -2.43. The SMILES string of the molecule is C=CCOC(=O)[C@@H]1C(=O)C[C@](C)(O)[C@H](C(=O)OCC=C)[C@@H]1c1ccc(CC)cc1. The minimum absolute atomic E-state index is 0.0353. The Hall–Kier alpha value is -2.73. The number of carbonyl (C=O) groups is 3. The van der Waals surface area contributed by atoms with Crippen LogP contribution in [0, 0.1) is 11.8 Å². The molecule has 1 saturated carbocycles. The van der Waals surface area contributed by atoms with Crippen LogP contribution >= 0.6 is 0 Å². The highest BCUT2D eigenvalue weighted by Crippen LogP contribution is 2.46. The fraction of sp³-hybridized carbons (Fsp3) is 0.435. The number of aryl methyl sites for hydroxylation is 1. The topological polar surface area (TPSA) is 89.9 Å². The number of hydrogen-bond donors (Lipinski definition) is 1. The molecule has 1 aliphatic carbocycles. The summed E-state index contributed by atoms with van der Waals surface area (Å²) in [5.41, 5.74) is -0.00519. The van der Waals surface area contributed by atoms with E-state index in [2.05, 4.69) is 13.2 Å². The van der Waals surface area contributed by atoms with E-state index in [0.717, 1.165) is 12.0 Å². The molecule has 2 rings (SSSR count). The molecule has 156 valence electrons. The Kier molecular flexibility index (Phi) is 7.51. The predicted molar refractivity (Wildman–Crippen MR) is 108 cm³/mol. The van der Waals surface area contributed by atoms with Gasteiger partial charge in [0, 0.05) is 12.3 Å². The molecule has 0 aliphatic heterocycles. The summed E-state index contributed by atoms with van der Waals surface area (Å²) in [6.07, 6.45) is 3.29. The van der Waals surface area contributed by atoms with Crippen LogP contribution in [0.4, 0.5) is 0 Å². The monoisotopic (exact) mass is 400 g/mol. The van der Waals surface area contributed by atoms with Gasteiger partial charge >= 0.3 is 11.9 Å². The molecule has 0 amide bonds. The maximum atomic E-state index is 12.9. The Bertz CT molecular complexity index is 777. The first-order valence-electron chi connectivity index (χ1n) is 9.65. The summed E-state index contributed by atoms with van der Waals surface area (Å²) >= 11 is 0. The first-order valence-corrected chi connectivity index (χ1v) is 9.65. The lowest BCUT2D eigenvalue weighted by Crippen LogP contribution is -2.55. The van der Waals surface area contributed by atoms with Gasteiger partial charge in [0.05, 0.1) is 11.5 Å². The molecule has 4 atom stereocenters. The van der Waals surface area contributed by atoms with Crippen molar-refractivity contribution < 1.29 is 29.0 Å². The Labute approximate surface area is 171 Å². The number of carbonyl (C=O) groups excluding carboxylic acids is 3. The van der Waals surface area contributed by atoms with Crippen LogP contribution in [0.3, 0.4) is 0 Å². The quantitative estimate of drug-likeness (QED) is 0.410. The second-order valence-corrected chi connectivity index (χ2v) is 7.41. The summed E-state index contributed by atoms with van der Waals surface area (Å²) in [5, 5.41) is 11.0. The van der Waals surface area contributed by atoms with Gasteiger partial charge in [0.1, 0.15) is 19.1 Å². The number of ketones is 1. The van der Waals surface area contributed by atoms with Crippen LogP contribution in [0.1, 0.15) is 37.3 Å². The van der Waals surface area contributed by atoms with Gasteiger partial charge in [0.25, 0.3) is 0 Å². The molecular formula is C23H28O6. The molecule has 0 bridgehead atoms. The number of esters is 2. The third-order valence-corrected chi connectivity index (χ3v) is 5.23. The summed E-state index contributed by atoms with van der Waals surface area (Å²) in [5.74, 6) is -5.14. The average molecular weight is 400 g/mol. The van der Waals surface area contributed by atoms with Crippen molar-refractivity contribution in [2.45, 2.75) is 38.2 Å². The Morgan fingerprint density at radius 2 is 1.69 bits per heavy atom. The van der Waals surface area contributed by atoms with Gasteiger partial charge in [-0.3, -0.25) is 14.4 Å². The largest absolute Gasteiger partial charge is 0.461 e.